The van der Waals surface area contributed by atoms with Crippen LogP contribution in [-0.2, 0) is 0 Å². The molecule has 5 heteroatoms. The van der Waals surface area contributed by atoms with Gasteiger partial charge in [-0.2, -0.15) is 4.98 Å². The second-order valence-electron chi connectivity index (χ2n) is 3.84. The first kappa shape index (κ1) is 10.5. The molecule has 15 heavy (non-hydrogen) atoms. The third-order valence-corrected chi connectivity index (χ3v) is 3.03. The van der Waals surface area contributed by atoms with E-state index in [1.165, 1.54) is 32.0 Å². The first-order chi connectivity index (χ1) is 7.27. The zero-order chi connectivity index (χ0) is 10.7. The number of nitrogen functional groups attached to an aromatic ring is 1. The van der Waals surface area contributed by atoms with E-state index in [9.17, 15) is 0 Å². The van der Waals surface area contributed by atoms with Gasteiger partial charge in [0.2, 0.25) is 5.88 Å². The summed E-state index contributed by atoms with van der Waals surface area (Å²) >= 11 is 5.75. The van der Waals surface area contributed by atoms with E-state index in [1.807, 2.05) is 0 Å². The van der Waals surface area contributed by atoms with Crippen molar-refractivity contribution in [1.82, 2.24) is 9.97 Å². The second-order valence-corrected chi connectivity index (χ2v) is 4.20. The molecule has 0 amide bonds. The van der Waals surface area contributed by atoms with Crippen molar-refractivity contribution < 1.29 is 4.74 Å². The molecule has 0 bridgehead atoms. The maximum atomic E-state index is 5.75. The van der Waals surface area contributed by atoms with E-state index in [0.29, 0.717) is 24.1 Å². The van der Waals surface area contributed by atoms with Gasteiger partial charge < -0.3 is 10.5 Å². The number of halogens is 1. The quantitative estimate of drug-likeness (QED) is 0.805. The van der Waals surface area contributed by atoms with Crippen LogP contribution in [0.1, 0.15) is 25.7 Å². The van der Waals surface area contributed by atoms with Gasteiger partial charge in [0.1, 0.15) is 12.0 Å². The van der Waals surface area contributed by atoms with Gasteiger partial charge in [-0.15, -0.1) is 0 Å². The van der Waals surface area contributed by atoms with E-state index in [1.54, 1.807) is 0 Å². The van der Waals surface area contributed by atoms with Crippen molar-refractivity contribution in [2.24, 2.45) is 5.92 Å². The van der Waals surface area contributed by atoms with Gasteiger partial charge in [0.05, 0.1) is 6.61 Å². The zero-order valence-electron chi connectivity index (χ0n) is 8.45. The summed E-state index contributed by atoms with van der Waals surface area (Å²) in [5, 5.41) is 0.256. The Kier molecular flexibility index (Phi) is 3.26. The fourth-order valence-corrected chi connectivity index (χ4v) is 1.97. The highest BCUT2D eigenvalue weighted by Gasteiger charge is 2.16. The van der Waals surface area contributed by atoms with Gasteiger partial charge in [-0.1, -0.05) is 24.4 Å². The predicted molar refractivity (Wildman–Crippen MR) is 58.9 cm³/mol. The minimum Gasteiger partial charge on any atom is -0.476 e. The fourth-order valence-electron chi connectivity index (χ4n) is 1.85. The molecule has 1 saturated carbocycles. The SMILES string of the molecule is Nc1c(Cl)ncnc1OCC1CCCC1. The third-order valence-electron chi connectivity index (χ3n) is 2.73. The lowest BCUT2D eigenvalue weighted by Gasteiger charge is -2.11. The number of anilines is 1. The van der Waals surface area contributed by atoms with Crippen LogP contribution in [0.15, 0.2) is 6.33 Å². The number of aromatic nitrogens is 2. The van der Waals surface area contributed by atoms with Crippen molar-refractivity contribution in [1.29, 1.82) is 0 Å². The molecule has 1 aromatic heterocycles. The first-order valence-electron chi connectivity index (χ1n) is 5.16. The van der Waals surface area contributed by atoms with Crippen molar-refractivity contribution in [2.45, 2.75) is 25.7 Å². The lowest BCUT2D eigenvalue weighted by molar-refractivity contribution is 0.244. The molecule has 1 aliphatic rings. The maximum absolute atomic E-state index is 5.75. The Morgan fingerprint density at radius 2 is 2.13 bits per heavy atom. The Balaban J connectivity index is 1.95. The summed E-state index contributed by atoms with van der Waals surface area (Å²) in [6.45, 7) is 0.678. The predicted octanol–water partition coefficient (Wildman–Crippen LogP) is 2.28. The summed E-state index contributed by atoms with van der Waals surface area (Å²) in [5.74, 6) is 1.04. The Labute approximate surface area is 93.8 Å². The average molecular weight is 228 g/mol. The highest BCUT2D eigenvalue weighted by atomic mass is 35.5. The molecule has 0 atom stereocenters. The Morgan fingerprint density at radius 3 is 2.87 bits per heavy atom. The Bertz CT molecular complexity index is 339. The van der Waals surface area contributed by atoms with Crippen LogP contribution in [0.25, 0.3) is 0 Å². The molecule has 2 rings (SSSR count). The Hall–Kier alpha value is -1.03. The van der Waals surface area contributed by atoms with E-state index in [4.69, 9.17) is 22.1 Å². The van der Waals surface area contributed by atoms with E-state index in [-0.39, 0.29) is 5.15 Å². The molecule has 0 saturated heterocycles. The van der Waals surface area contributed by atoms with Gasteiger partial charge in [-0.3, -0.25) is 0 Å². The number of hydrogen-bond donors (Lipinski definition) is 1. The van der Waals surface area contributed by atoms with Crippen LogP contribution in [-0.4, -0.2) is 16.6 Å². The highest BCUT2D eigenvalue weighted by Crippen LogP contribution is 2.28. The standard InChI is InChI=1S/C10H14ClN3O/c11-9-8(12)10(14-6-13-9)15-5-7-3-1-2-4-7/h6-7H,1-5,12H2. The molecule has 2 N–H and O–H groups in total. The molecule has 1 fully saturated rings. The van der Waals surface area contributed by atoms with Crippen LogP contribution in [0.5, 0.6) is 5.88 Å². The van der Waals surface area contributed by atoms with Crippen molar-refractivity contribution in [3.05, 3.63) is 11.5 Å². The van der Waals surface area contributed by atoms with Gasteiger partial charge in [0.25, 0.3) is 0 Å². The van der Waals surface area contributed by atoms with Crippen molar-refractivity contribution in [2.75, 3.05) is 12.3 Å². The zero-order valence-corrected chi connectivity index (χ0v) is 9.20. The van der Waals surface area contributed by atoms with E-state index >= 15 is 0 Å². The minimum absolute atomic E-state index is 0.256. The number of nitrogens with two attached hydrogens (primary N) is 1. The lowest BCUT2D eigenvalue weighted by atomic mass is 10.1. The second kappa shape index (κ2) is 4.66. The monoisotopic (exact) mass is 227 g/mol. The van der Waals surface area contributed by atoms with E-state index < -0.39 is 0 Å². The molecule has 4 nitrogen and oxygen atoms in total. The van der Waals surface area contributed by atoms with E-state index in [0.717, 1.165) is 0 Å². The molecule has 82 valence electrons. The molecule has 1 aliphatic carbocycles. The van der Waals surface area contributed by atoms with Crippen LogP contribution in [0.3, 0.4) is 0 Å². The van der Waals surface area contributed by atoms with Crippen molar-refractivity contribution >= 4 is 17.3 Å². The molecule has 0 aliphatic heterocycles. The van der Waals surface area contributed by atoms with Crippen LogP contribution in [0, 0.1) is 5.92 Å². The summed E-state index contributed by atoms with van der Waals surface area (Å²) in [4.78, 5) is 7.73. The van der Waals surface area contributed by atoms with Crippen LogP contribution < -0.4 is 10.5 Å². The summed E-state index contributed by atoms with van der Waals surface area (Å²) in [7, 11) is 0. The van der Waals surface area contributed by atoms with Crippen LogP contribution in [0.4, 0.5) is 5.69 Å². The smallest absolute Gasteiger partial charge is 0.241 e. The summed E-state index contributed by atoms with van der Waals surface area (Å²) < 4.78 is 5.54. The highest BCUT2D eigenvalue weighted by molar-refractivity contribution is 6.32. The van der Waals surface area contributed by atoms with Crippen molar-refractivity contribution in [3.8, 4) is 5.88 Å². The fraction of sp³-hybridized carbons (Fsp3) is 0.600. The normalized spacial score (nSPS) is 16.9. The van der Waals surface area contributed by atoms with Gasteiger partial charge in [-0.05, 0) is 18.8 Å². The molecule has 0 radical (unpaired) electrons. The largest absolute Gasteiger partial charge is 0.476 e. The molecular formula is C10H14ClN3O. The lowest BCUT2D eigenvalue weighted by Crippen LogP contribution is -2.10. The van der Waals surface area contributed by atoms with Crippen LogP contribution >= 0.6 is 11.6 Å². The van der Waals surface area contributed by atoms with Gasteiger partial charge >= 0.3 is 0 Å². The summed E-state index contributed by atoms with van der Waals surface area (Å²) in [6, 6.07) is 0. The van der Waals surface area contributed by atoms with Gasteiger partial charge in [-0.25, -0.2) is 4.98 Å². The van der Waals surface area contributed by atoms with Gasteiger partial charge in [0.15, 0.2) is 5.15 Å². The average Bonchev–Trinajstić information content (AvgIpc) is 2.73. The molecule has 0 aromatic carbocycles. The Morgan fingerprint density at radius 1 is 1.40 bits per heavy atom. The number of nitrogens with zero attached hydrogens (tertiary/aromatic N) is 2. The molecule has 1 heterocycles. The third kappa shape index (κ3) is 2.50. The number of hydrogen-bond acceptors (Lipinski definition) is 4. The number of ether oxygens (including phenoxy) is 1. The van der Waals surface area contributed by atoms with E-state index in [2.05, 4.69) is 9.97 Å². The minimum atomic E-state index is 0.256. The molecule has 1 aromatic rings. The summed E-state index contributed by atoms with van der Waals surface area (Å²) in [5.41, 5.74) is 6.02. The van der Waals surface area contributed by atoms with Crippen LogP contribution in [0.2, 0.25) is 5.15 Å². The van der Waals surface area contributed by atoms with Crippen molar-refractivity contribution in [3.63, 3.8) is 0 Å². The topological polar surface area (TPSA) is 61.0 Å². The molecule has 0 spiro atoms. The first-order valence-corrected chi connectivity index (χ1v) is 5.54. The van der Waals surface area contributed by atoms with Gasteiger partial charge in [0, 0.05) is 0 Å². The molecule has 0 unspecified atom stereocenters. The maximum Gasteiger partial charge on any atom is 0.241 e. The number of rotatable bonds is 3. The summed E-state index contributed by atoms with van der Waals surface area (Å²) in [6.07, 6.45) is 6.43. The molecular weight excluding hydrogens is 214 g/mol.